The monoisotopic (exact) mass is 269 g/mol. The van der Waals surface area contributed by atoms with Crippen LogP contribution in [0.5, 0.6) is 0 Å². The summed E-state index contributed by atoms with van der Waals surface area (Å²) >= 11 is 0. The van der Waals surface area contributed by atoms with E-state index < -0.39 is 0 Å². The van der Waals surface area contributed by atoms with Gasteiger partial charge in [-0.25, -0.2) is 0 Å². The minimum atomic E-state index is -0.100. The molecule has 1 aliphatic carbocycles. The molecule has 1 N–H and O–H groups in total. The first-order valence-electron chi connectivity index (χ1n) is 7.88. The molecule has 0 aromatic carbocycles. The zero-order chi connectivity index (χ0) is 14.0. The van der Waals surface area contributed by atoms with Gasteiger partial charge in [-0.15, -0.1) is 0 Å². The van der Waals surface area contributed by atoms with Crippen LogP contribution in [0.3, 0.4) is 0 Å². The Labute approximate surface area is 118 Å². The third kappa shape index (κ3) is 4.17. The van der Waals surface area contributed by atoms with Gasteiger partial charge in [-0.05, 0) is 43.4 Å². The number of ether oxygens (including phenoxy) is 1. The first kappa shape index (κ1) is 15.3. The molecule has 1 saturated carbocycles. The molecule has 2 fully saturated rings. The summed E-state index contributed by atoms with van der Waals surface area (Å²) in [5.41, 5.74) is 0.372. The van der Waals surface area contributed by atoms with Gasteiger partial charge in [0.05, 0.1) is 18.8 Å². The zero-order valence-electron chi connectivity index (χ0n) is 13.1. The van der Waals surface area contributed by atoms with Crippen molar-refractivity contribution in [2.75, 3.05) is 26.2 Å². The van der Waals surface area contributed by atoms with E-state index in [-0.39, 0.29) is 6.10 Å². The molecule has 2 rings (SSSR count). The summed E-state index contributed by atoms with van der Waals surface area (Å²) in [6, 6.07) is 0. The molecule has 0 amide bonds. The van der Waals surface area contributed by atoms with Gasteiger partial charge in [0.15, 0.2) is 0 Å². The van der Waals surface area contributed by atoms with Gasteiger partial charge in [0.1, 0.15) is 0 Å². The molecule has 0 aromatic rings. The van der Waals surface area contributed by atoms with Crippen molar-refractivity contribution >= 4 is 0 Å². The van der Waals surface area contributed by atoms with E-state index in [9.17, 15) is 5.11 Å². The molecule has 19 heavy (non-hydrogen) atoms. The van der Waals surface area contributed by atoms with E-state index in [1.165, 1.54) is 12.8 Å². The van der Waals surface area contributed by atoms with Crippen molar-refractivity contribution in [1.82, 2.24) is 4.90 Å². The highest BCUT2D eigenvalue weighted by atomic mass is 16.5. The standard InChI is InChI=1S/C16H31NO2/c1-12-10-17(7-8-19-12)11-13-9-14(16(2,3)4)5-6-15(13)18/h12-15,18H,5-11H2,1-4H3. The molecule has 0 aromatic heterocycles. The van der Waals surface area contributed by atoms with Crippen LogP contribution < -0.4 is 0 Å². The summed E-state index contributed by atoms with van der Waals surface area (Å²) in [5, 5.41) is 10.3. The fraction of sp³-hybridized carbons (Fsp3) is 1.00. The summed E-state index contributed by atoms with van der Waals surface area (Å²) in [6.45, 7) is 13.1. The number of aliphatic hydroxyl groups excluding tert-OH is 1. The summed E-state index contributed by atoms with van der Waals surface area (Å²) in [7, 11) is 0. The average Bonchev–Trinajstić information content (AvgIpc) is 2.30. The Bertz CT molecular complexity index is 287. The summed E-state index contributed by atoms with van der Waals surface area (Å²) in [6.07, 6.45) is 3.58. The van der Waals surface area contributed by atoms with Crippen molar-refractivity contribution in [2.24, 2.45) is 17.3 Å². The Kier molecular flexibility index (Phi) is 4.91. The van der Waals surface area contributed by atoms with E-state index >= 15 is 0 Å². The van der Waals surface area contributed by atoms with Crippen molar-refractivity contribution in [3.63, 3.8) is 0 Å². The maximum absolute atomic E-state index is 10.3. The van der Waals surface area contributed by atoms with Crippen LogP contribution >= 0.6 is 0 Å². The molecule has 4 unspecified atom stereocenters. The van der Waals surface area contributed by atoms with Gasteiger partial charge in [-0.3, -0.25) is 4.90 Å². The third-order valence-corrected chi connectivity index (χ3v) is 4.98. The fourth-order valence-corrected chi connectivity index (χ4v) is 3.62. The lowest BCUT2D eigenvalue weighted by molar-refractivity contribution is -0.0462. The summed E-state index contributed by atoms with van der Waals surface area (Å²) in [5.74, 6) is 1.20. The predicted octanol–water partition coefficient (Wildman–Crippen LogP) is 2.53. The molecule has 0 spiro atoms. The van der Waals surface area contributed by atoms with E-state index in [0.29, 0.717) is 17.4 Å². The number of nitrogens with zero attached hydrogens (tertiary/aromatic N) is 1. The van der Waals surface area contributed by atoms with Crippen molar-refractivity contribution in [3.8, 4) is 0 Å². The van der Waals surface area contributed by atoms with Crippen LogP contribution in [0.25, 0.3) is 0 Å². The van der Waals surface area contributed by atoms with Crippen molar-refractivity contribution in [1.29, 1.82) is 0 Å². The highest BCUT2D eigenvalue weighted by molar-refractivity contribution is 4.87. The number of hydrogen-bond donors (Lipinski definition) is 1. The Balaban J connectivity index is 1.90. The smallest absolute Gasteiger partial charge is 0.0674 e. The molecular weight excluding hydrogens is 238 g/mol. The molecule has 112 valence electrons. The van der Waals surface area contributed by atoms with Crippen molar-refractivity contribution in [3.05, 3.63) is 0 Å². The largest absolute Gasteiger partial charge is 0.393 e. The highest BCUT2D eigenvalue weighted by Gasteiger charge is 2.36. The zero-order valence-corrected chi connectivity index (χ0v) is 13.1. The molecular formula is C16H31NO2. The van der Waals surface area contributed by atoms with Gasteiger partial charge < -0.3 is 9.84 Å². The second kappa shape index (κ2) is 6.11. The Hall–Kier alpha value is -0.120. The molecule has 2 aliphatic rings. The van der Waals surface area contributed by atoms with E-state index in [1.54, 1.807) is 0 Å². The van der Waals surface area contributed by atoms with Gasteiger partial charge in [0.2, 0.25) is 0 Å². The van der Waals surface area contributed by atoms with Crippen molar-refractivity contribution < 1.29 is 9.84 Å². The third-order valence-electron chi connectivity index (χ3n) is 4.98. The normalized spacial score (nSPS) is 38.4. The second-order valence-corrected chi connectivity index (χ2v) is 7.64. The SMILES string of the molecule is CC1CN(CC2CC(C(C)(C)C)CCC2O)CCO1. The minimum absolute atomic E-state index is 0.100. The first-order chi connectivity index (χ1) is 8.86. The molecule has 3 nitrogen and oxygen atoms in total. The lowest BCUT2D eigenvalue weighted by Gasteiger charge is -2.42. The van der Waals surface area contributed by atoms with Gasteiger partial charge in [0.25, 0.3) is 0 Å². The van der Waals surface area contributed by atoms with E-state index in [2.05, 4.69) is 32.6 Å². The fourth-order valence-electron chi connectivity index (χ4n) is 3.62. The molecule has 4 atom stereocenters. The predicted molar refractivity (Wildman–Crippen MR) is 78.1 cm³/mol. The highest BCUT2D eigenvalue weighted by Crippen LogP contribution is 2.40. The number of morpholine rings is 1. The Morgan fingerprint density at radius 1 is 1.26 bits per heavy atom. The molecule has 0 radical (unpaired) electrons. The Morgan fingerprint density at radius 3 is 2.63 bits per heavy atom. The summed E-state index contributed by atoms with van der Waals surface area (Å²) < 4.78 is 5.60. The number of hydrogen-bond acceptors (Lipinski definition) is 3. The number of aliphatic hydroxyl groups is 1. The second-order valence-electron chi connectivity index (χ2n) is 7.64. The quantitative estimate of drug-likeness (QED) is 0.836. The Morgan fingerprint density at radius 2 is 2.00 bits per heavy atom. The maximum Gasteiger partial charge on any atom is 0.0674 e. The van der Waals surface area contributed by atoms with Gasteiger partial charge in [-0.2, -0.15) is 0 Å². The molecule has 1 heterocycles. The minimum Gasteiger partial charge on any atom is -0.393 e. The van der Waals surface area contributed by atoms with Crippen molar-refractivity contribution in [2.45, 2.75) is 59.2 Å². The van der Waals surface area contributed by atoms with Crippen LogP contribution in [0.2, 0.25) is 0 Å². The van der Waals surface area contributed by atoms with E-state index in [0.717, 1.165) is 38.6 Å². The summed E-state index contributed by atoms with van der Waals surface area (Å²) in [4.78, 5) is 2.48. The van der Waals surface area contributed by atoms with Crippen LogP contribution in [0.4, 0.5) is 0 Å². The lowest BCUT2D eigenvalue weighted by Crippen LogP contribution is -2.47. The van der Waals surface area contributed by atoms with Gasteiger partial charge in [-0.1, -0.05) is 20.8 Å². The maximum atomic E-state index is 10.3. The van der Waals surface area contributed by atoms with Gasteiger partial charge in [0, 0.05) is 19.6 Å². The van der Waals surface area contributed by atoms with Crippen LogP contribution in [0, 0.1) is 17.3 Å². The van der Waals surface area contributed by atoms with E-state index in [4.69, 9.17) is 4.74 Å². The van der Waals surface area contributed by atoms with Crippen LogP contribution in [-0.2, 0) is 4.74 Å². The van der Waals surface area contributed by atoms with Crippen LogP contribution in [0.15, 0.2) is 0 Å². The van der Waals surface area contributed by atoms with Crippen LogP contribution in [-0.4, -0.2) is 48.5 Å². The number of rotatable bonds is 2. The van der Waals surface area contributed by atoms with E-state index in [1.807, 2.05) is 0 Å². The van der Waals surface area contributed by atoms with Crippen LogP contribution in [0.1, 0.15) is 47.0 Å². The average molecular weight is 269 g/mol. The molecule has 1 aliphatic heterocycles. The lowest BCUT2D eigenvalue weighted by atomic mass is 9.68. The molecule has 1 saturated heterocycles. The molecule has 3 heteroatoms. The molecule has 0 bridgehead atoms. The van der Waals surface area contributed by atoms with Gasteiger partial charge >= 0.3 is 0 Å². The topological polar surface area (TPSA) is 32.7 Å². The first-order valence-corrected chi connectivity index (χ1v) is 7.88.